The number of esters is 1. The maximum atomic E-state index is 11.4. The van der Waals surface area contributed by atoms with Gasteiger partial charge in [0.15, 0.2) is 5.82 Å². The molecule has 0 atom stereocenters. The number of nitrogens with zero attached hydrogens (tertiary/aromatic N) is 3. The van der Waals surface area contributed by atoms with E-state index in [1.807, 2.05) is 0 Å². The summed E-state index contributed by atoms with van der Waals surface area (Å²) in [7, 11) is 2.95. The average molecular weight is 334 g/mol. The Morgan fingerprint density at radius 1 is 1.50 bits per heavy atom. The number of halogens is 1. The summed E-state index contributed by atoms with van der Waals surface area (Å²) in [6.07, 6.45) is 2.37. The number of rotatable bonds is 8. The van der Waals surface area contributed by atoms with Crippen molar-refractivity contribution in [3.63, 3.8) is 0 Å². The lowest BCUT2D eigenvalue weighted by atomic mass is 10.4. The molecule has 3 N–H and O–H groups in total. The van der Waals surface area contributed by atoms with Crippen LogP contribution in [0.3, 0.4) is 0 Å². The molecule has 0 unspecified atom stereocenters. The predicted octanol–water partition coefficient (Wildman–Crippen LogP) is -0.345. The first-order chi connectivity index (χ1) is 10.0. The van der Waals surface area contributed by atoms with E-state index in [9.17, 15) is 14.4 Å². The van der Waals surface area contributed by atoms with Gasteiger partial charge in [0, 0.05) is 32.8 Å². The van der Waals surface area contributed by atoms with Crippen molar-refractivity contribution in [1.82, 2.24) is 9.55 Å². The van der Waals surface area contributed by atoms with Crippen molar-refractivity contribution < 1.29 is 19.1 Å². The number of amides is 2. The highest BCUT2D eigenvalue weighted by molar-refractivity contribution is 5.90. The van der Waals surface area contributed by atoms with Gasteiger partial charge in [-0.3, -0.25) is 19.3 Å². The standard InChI is InChI=1S/C12H19N5O4.ClH/c1-16-7-9(14-10(19)3-5-13)15-12(16)17(8-18)6-4-11(20)21-2;/h7-8H,3-6,13H2,1-2H3,(H,14,19);1H. The van der Waals surface area contributed by atoms with Gasteiger partial charge >= 0.3 is 5.97 Å². The second-order valence-corrected chi connectivity index (χ2v) is 4.25. The number of anilines is 2. The fourth-order valence-electron chi connectivity index (χ4n) is 1.63. The van der Waals surface area contributed by atoms with Gasteiger partial charge in [0.05, 0.1) is 13.5 Å². The van der Waals surface area contributed by atoms with Crippen LogP contribution in [-0.4, -0.2) is 48.0 Å². The number of carbonyl (C=O) groups is 3. The minimum Gasteiger partial charge on any atom is -0.469 e. The number of aryl methyl sites for hydroxylation is 1. The van der Waals surface area contributed by atoms with Crippen LogP contribution in [0.25, 0.3) is 0 Å². The van der Waals surface area contributed by atoms with Crippen molar-refractivity contribution in [2.75, 3.05) is 30.4 Å². The average Bonchev–Trinajstić information content (AvgIpc) is 2.80. The Labute approximate surface area is 134 Å². The Morgan fingerprint density at radius 2 is 2.18 bits per heavy atom. The lowest BCUT2D eigenvalue weighted by Gasteiger charge is -2.15. The Hall–Kier alpha value is -2.13. The van der Waals surface area contributed by atoms with Gasteiger partial charge in [0.1, 0.15) is 0 Å². The van der Waals surface area contributed by atoms with E-state index in [1.54, 1.807) is 17.8 Å². The molecule has 0 saturated heterocycles. The molecule has 1 heterocycles. The van der Waals surface area contributed by atoms with E-state index in [-0.39, 0.29) is 44.2 Å². The molecular formula is C12H20ClN5O4. The van der Waals surface area contributed by atoms with E-state index in [2.05, 4.69) is 15.0 Å². The molecule has 0 aliphatic carbocycles. The number of hydrogen-bond acceptors (Lipinski definition) is 6. The highest BCUT2D eigenvalue weighted by Gasteiger charge is 2.15. The highest BCUT2D eigenvalue weighted by atomic mass is 35.5. The maximum absolute atomic E-state index is 11.4. The molecule has 0 aliphatic rings. The predicted molar refractivity (Wildman–Crippen MR) is 82.8 cm³/mol. The Morgan fingerprint density at radius 3 is 2.73 bits per heavy atom. The van der Waals surface area contributed by atoms with Crippen LogP contribution in [0.2, 0.25) is 0 Å². The minimum absolute atomic E-state index is 0. The lowest BCUT2D eigenvalue weighted by molar-refractivity contribution is -0.140. The van der Waals surface area contributed by atoms with Crippen LogP contribution < -0.4 is 16.0 Å². The van der Waals surface area contributed by atoms with Crippen LogP contribution >= 0.6 is 12.4 Å². The summed E-state index contributed by atoms with van der Waals surface area (Å²) in [4.78, 5) is 39.1. The molecule has 1 aromatic rings. The number of nitrogens with two attached hydrogens (primary N) is 1. The highest BCUT2D eigenvalue weighted by Crippen LogP contribution is 2.15. The van der Waals surface area contributed by atoms with Crippen molar-refractivity contribution in [3.05, 3.63) is 6.20 Å². The van der Waals surface area contributed by atoms with E-state index in [4.69, 9.17) is 5.73 Å². The quantitative estimate of drug-likeness (QED) is 0.496. The van der Waals surface area contributed by atoms with E-state index >= 15 is 0 Å². The van der Waals surface area contributed by atoms with Crippen LogP contribution in [0.15, 0.2) is 6.20 Å². The van der Waals surface area contributed by atoms with Crippen LogP contribution in [0.5, 0.6) is 0 Å². The number of nitrogens with one attached hydrogen (secondary N) is 1. The van der Waals surface area contributed by atoms with E-state index < -0.39 is 5.97 Å². The van der Waals surface area contributed by atoms with Crippen LogP contribution in [0, 0.1) is 0 Å². The van der Waals surface area contributed by atoms with Crippen molar-refractivity contribution in [1.29, 1.82) is 0 Å². The zero-order valence-electron chi connectivity index (χ0n) is 12.4. The van der Waals surface area contributed by atoms with Gasteiger partial charge in [0.25, 0.3) is 0 Å². The van der Waals surface area contributed by atoms with E-state index in [0.717, 1.165) is 0 Å². The molecule has 124 valence electrons. The zero-order valence-corrected chi connectivity index (χ0v) is 13.3. The Kier molecular flexibility index (Phi) is 8.80. The van der Waals surface area contributed by atoms with Gasteiger partial charge < -0.3 is 20.4 Å². The van der Waals surface area contributed by atoms with Crippen LogP contribution in [0.1, 0.15) is 12.8 Å². The fourth-order valence-corrected chi connectivity index (χ4v) is 1.63. The fraction of sp³-hybridized carbons (Fsp3) is 0.500. The molecule has 0 fully saturated rings. The molecule has 0 aliphatic heterocycles. The van der Waals surface area contributed by atoms with Gasteiger partial charge in [-0.05, 0) is 0 Å². The third-order valence-electron chi connectivity index (χ3n) is 2.66. The first-order valence-electron chi connectivity index (χ1n) is 6.33. The van der Waals surface area contributed by atoms with Crippen molar-refractivity contribution >= 4 is 42.5 Å². The molecule has 0 spiro atoms. The SMILES string of the molecule is COC(=O)CCN(C=O)c1nc(NC(=O)CCN)cn1C.Cl. The van der Waals surface area contributed by atoms with Gasteiger partial charge in [-0.15, -0.1) is 12.4 Å². The number of ether oxygens (including phenoxy) is 1. The second kappa shape index (κ2) is 9.74. The summed E-state index contributed by atoms with van der Waals surface area (Å²) in [5, 5.41) is 2.57. The maximum Gasteiger partial charge on any atom is 0.307 e. The Bertz CT molecular complexity index is 520. The van der Waals surface area contributed by atoms with Crippen molar-refractivity contribution in [2.24, 2.45) is 12.8 Å². The molecule has 10 heteroatoms. The monoisotopic (exact) mass is 333 g/mol. The molecule has 9 nitrogen and oxygen atoms in total. The van der Waals surface area contributed by atoms with Gasteiger partial charge in [-0.1, -0.05) is 0 Å². The number of hydrogen-bond donors (Lipinski definition) is 2. The third kappa shape index (κ3) is 5.70. The summed E-state index contributed by atoms with van der Waals surface area (Å²) in [6, 6.07) is 0. The van der Waals surface area contributed by atoms with Gasteiger partial charge in [-0.2, -0.15) is 4.98 Å². The second-order valence-electron chi connectivity index (χ2n) is 4.25. The molecule has 0 bridgehead atoms. The zero-order chi connectivity index (χ0) is 15.8. The summed E-state index contributed by atoms with van der Waals surface area (Å²) in [6.45, 7) is 0.377. The van der Waals surface area contributed by atoms with Gasteiger partial charge in [-0.25, -0.2) is 0 Å². The number of carbonyl (C=O) groups excluding carboxylic acids is 3. The number of aromatic nitrogens is 2. The normalized spacial score (nSPS) is 9.59. The molecule has 0 aromatic carbocycles. The Balaban J connectivity index is 0.00000441. The minimum atomic E-state index is -0.424. The summed E-state index contributed by atoms with van der Waals surface area (Å²) < 4.78 is 6.09. The van der Waals surface area contributed by atoms with Crippen LogP contribution in [-0.2, 0) is 26.2 Å². The number of methoxy groups -OCH3 is 1. The molecule has 1 aromatic heterocycles. The molecule has 0 radical (unpaired) electrons. The van der Waals surface area contributed by atoms with E-state index in [0.29, 0.717) is 18.2 Å². The largest absolute Gasteiger partial charge is 0.469 e. The summed E-state index contributed by atoms with van der Waals surface area (Å²) in [5.74, 6) is -0.0466. The van der Waals surface area contributed by atoms with Crippen molar-refractivity contribution in [2.45, 2.75) is 12.8 Å². The third-order valence-corrected chi connectivity index (χ3v) is 2.66. The lowest BCUT2D eigenvalue weighted by Crippen LogP contribution is -2.27. The topological polar surface area (TPSA) is 120 Å². The molecule has 0 saturated carbocycles. The van der Waals surface area contributed by atoms with Crippen molar-refractivity contribution in [3.8, 4) is 0 Å². The van der Waals surface area contributed by atoms with Crippen LogP contribution in [0.4, 0.5) is 11.8 Å². The first-order valence-corrected chi connectivity index (χ1v) is 6.33. The smallest absolute Gasteiger partial charge is 0.307 e. The van der Waals surface area contributed by atoms with E-state index in [1.165, 1.54) is 12.0 Å². The summed E-state index contributed by atoms with van der Waals surface area (Å²) in [5.41, 5.74) is 5.28. The molecule has 22 heavy (non-hydrogen) atoms. The molecule has 1 rings (SSSR count). The van der Waals surface area contributed by atoms with Gasteiger partial charge in [0.2, 0.25) is 18.3 Å². The summed E-state index contributed by atoms with van der Waals surface area (Å²) >= 11 is 0. The first kappa shape index (κ1) is 19.9. The molecule has 2 amide bonds. The molecular weight excluding hydrogens is 314 g/mol. The number of imidazole rings is 1.